The molecular formula is C22H24F3NO3S. The normalized spacial score (nSPS) is 12.6. The maximum atomic E-state index is 12.7. The molecule has 0 saturated heterocycles. The van der Waals surface area contributed by atoms with Gasteiger partial charge in [-0.05, 0) is 41.3 Å². The first-order valence-electron chi connectivity index (χ1n) is 9.27. The highest BCUT2D eigenvalue weighted by Gasteiger charge is 2.29. The zero-order valence-electron chi connectivity index (χ0n) is 16.7. The lowest BCUT2D eigenvalue weighted by molar-refractivity contribution is -0.138. The molecule has 3 N–H and O–H groups in total. The molecule has 0 atom stereocenters. The molecule has 0 unspecified atom stereocenters. The summed E-state index contributed by atoms with van der Waals surface area (Å²) in [6.45, 7) is 4.08. The lowest BCUT2D eigenvalue weighted by atomic mass is 10.1. The van der Waals surface area contributed by atoms with Crippen LogP contribution in [0.5, 0.6) is 5.75 Å². The van der Waals surface area contributed by atoms with E-state index < -0.39 is 17.7 Å². The predicted molar refractivity (Wildman–Crippen MR) is 112 cm³/mol. The molecule has 0 aliphatic rings. The molecule has 8 heteroatoms. The van der Waals surface area contributed by atoms with Gasteiger partial charge in [-0.2, -0.15) is 13.2 Å². The van der Waals surface area contributed by atoms with Gasteiger partial charge in [0, 0.05) is 16.4 Å². The largest absolute Gasteiger partial charge is 0.488 e. The van der Waals surface area contributed by atoms with Gasteiger partial charge in [-0.15, -0.1) is 11.8 Å². The smallest absolute Gasteiger partial charge is 0.416 e. The molecule has 4 nitrogen and oxygen atoms in total. The van der Waals surface area contributed by atoms with E-state index in [1.165, 1.54) is 23.9 Å². The van der Waals surface area contributed by atoms with E-state index in [1.54, 1.807) is 24.3 Å². The summed E-state index contributed by atoms with van der Waals surface area (Å²) < 4.78 is 43.9. The molecule has 0 bridgehead atoms. The number of ether oxygens (including phenoxy) is 1. The minimum atomic E-state index is -4.36. The SMILES string of the molecule is CC(C)/C(N)=C(\COc1cccc(CC(=O)O)c1)SCc1ccc(C(F)(F)F)cc1. The highest BCUT2D eigenvalue weighted by Crippen LogP contribution is 2.31. The van der Waals surface area contributed by atoms with E-state index in [4.69, 9.17) is 15.6 Å². The van der Waals surface area contributed by atoms with Crippen molar-refractivity contribution >= 4 is 17.7 Å². The number of carbonyl (C=O) groups is 1. The van der Waals surface area contributed by atoms with Crippen LogP contribution < -0.4 is 10.5 Å². The van der Waals surface area contributed by atoms with E-state index in [9.17, 15) is 18.0 Å². The van der Waals surface area contributed by atoms with Crippen LogP contribution in [0.3, 0.4) is 0 Å². The first kappa shape index (κ1) is 23.7. The molecule has 162 valence electrons. The Morgan fingerprint density at radius 1 is 1.13 bits per heavy atom. The number of hydrogen-bond donors (Lipinski definition) is 2. The molecule has 0 heterocycles. The minimum absolute atomic E-state index is 0.0713. The summed E-state index contributed by atoms with van der Waals surface area (Å²) in [4.78, 5) is 11.7. The summed E-state index contributed by atoms with van der Waals surface area (Å²) in [7, 11) is 0. The molecule has 2 aromatic rings. The van der Waals surface area contributed by atoms with E-state index in [0.717, 1.165) is 22.6 Å². The van der Waals surface area contributed by atoms with Gasteiger partial charge in [0.05, 0.1) is 12.0 Å². The first-order chi connectivity index (χ1) is 14.1. The van der Waals surface area contributed by atoms with Crippen molar-refractivity contribution in [3.8, 4) is 5.75 Å². The Morgan fingerprint density at radius 3 is 2.37 bits per heavy atom. The van der Waals surface area contributed by atoms with Crippen LogP contribution in [0.25, 0.3) is 0 Å². The topological polar surface area (TPSA) is 72.5 Å². The summed E-state index contributed by atoms with van der Waals surface area (Å²) >= 11 is 1.41. The number of benzene rings is 2. The Morgan fingerprint density at radius 2 is 1.80 bits per heavy atom. The molecule has 0 amide bonds. The summed E-state index contributed by atoms with van der Waals surface area (Å²) in [5.74, 6) is 0.118. The van der Waals surface area contributed by atoms with Crippen LogP contribution in [0.4, 0.5) is 13.2 Å². The number of hydrogen-bond acceptors (Lipinski definition) is 4. The fourth-order valence-corrected chi connectivity index (χ4v) is 3.64. The maximum absolute atomic E-state index is 12.7. The van der Waals surface area contributed by atoms with Gasteiger partial charge in [0.2, 0.25) is 0 Å². The molecule has 0 radical (unpaired) electrons. The van der Waals surface area contributed by atoms with Crippen LogP contribution in [0.1, 0.15) is 30.5 Å². The lowest BCUT2D eigenvalue weighted by Gasteiger charge is -2.16. The molecule has 0 aliphatic heterocycles. The molecule has 2 aromatic carbocycles. The van der Waals surface area contributed by atoms with Crippen LogP contribution in [0, 0.1) is 5.92 Å². The minimum Gasteiger partial charge on any atom is -0.488 e. The molecule has 0 fully saturated rings. The first-order valence-corrected chi connectivity index (χ1v) is 10.3. The Kier molecular flexibility index (Phi) is 8.23. The van der Waals surface area contributed by atoms with E-state index in [2.05, 4.69) is 0 Å². The third kappa shape index (κ3) is 7.33. The highest BCUT2D eigenvalue weighted by molar-refractivity contribution is 8.02. The highest BCUT2D eigenvalue weighted by atomic mass is 32.2. The molecule has 0 aliphatic carbocycles. The Hall–Kier alpha value is -2.61. The van der Waals surface area contributed by atoms with Crippen molar-refractivity contribution in [3.05, 3.63) is 75.8 Å². The van der Waals surface area contributed by atoms with Crippen molar-refractivity contribution in [2.45, 2.75) is 32.2 Å². The van der Waals surface area contributed by atoms with Crippen LogP contribution in [-0.2, 0) is 23.1 Å². The zero-order chi connectivity index (χ0) is 22.3. The van der Waals surface area contributed by atoms with Gasteiger partial charge < -0.3 is 15.6 Å². The number of nitrogens with two attached hydrogens (primary N) is 1. The predicted octanol–water partition coefficient (Wildman–Crippen LogP) is 5.47. The summed E-state index contributed by atoms with van der Waals surface area (Å²) in [6.07, 6.45) is -4.46. The van der Waals surface area contributed by atoms with Crippen molar-refractivity contribution in [2.75, 3.05) is 6.61 Å². The molecule has 0 spiro atoms. The number of thioether (sulfide) groups is 1. The Balaban J connectivity index is 2.07. The molecular weight excluding hydrogens is 415 g/mol. The standard InChI is InChI=1S/C22H24F3NO3S/c1-14(2)21(26)19(12-29-18-5-3-4-16(10-18)11-20(27)28)30-13-15-6-8-17(9-7-15)22(23,24)25/h3-10,14H,11-13,26H2,1-2H3,(H,27,28)/b21-19-. The van der Waals surface area contributed by atoms with Gasteiger partial charge >= 0.3 is 12.1 Å². The molecule has 0 saturated carbocycles. The number of alkyl halides is 3. The van der Waals surface area contributed by atoms with Crippen molar-refractivity contribution in [1.29, 1.82) is 0 Å². The number of aliphatic carboxylic acids is 1. The average molecular weight is 439 g/mol. The number of carboxylic acid groups (broad SMARTS) is 1. The van der Waals surface area contributed by atoms with E-state index in [1.807, 2.05) is 13.8 Å². The van der Waals surface area contributed by atoms with Gasteiger partial charge in [-0.25, -0.2) is 0 Å². The maximum Gasteiger partial charge on any atom is 0.416 e. The second-order valence-electron chi connectivity index (χ2n) is 7.02. The van der Waals surface area contributed by atoms with Gasteiger partial charge in [0.1, 0.15) is 12.4 Å². The Labute approximate surface area is 177 Å². The quantitative estimate of drug-likeness (QED) is 0.542. The fourth-order valence-electron chi connectivity index (χ4n) is 2.56. The van der Waals surface area contributed by atoms with Crippen LogP contribution in [0.2, 0.25) is 0 Å². The van der Waals surface area contributed by atoms with Crippen molar-refractivity contribution in [1.82, 2.24) is 0 Å². The summed E-state index contributed by atoms with van der Waals surface area (Å²) in [5, 5.41) is 8.92. The number of rotatable bonds is 9. The summed E-state index contributed by atoms with van der Waals surface area (Å²) in [6, 6.07) is 11.9. The lowest BCUT2D eigenvalue weighted by Crippen LogP contribution is -2.13. The fraction of sp³-hybridized carbons (Fsp3) is 0.318. The molecule has 30 heavy (non-hydrogen) atoms. The molecule has 0 aromatic heterocycles. The van der Waals surface area contributed by atoms with Crippen LogP contribution in [-0.4, -0.2) is 17.7 Å². The van der Waals surface area contributed by atoms with Crippen LogP contribution in [0.15, 0.2) is 59.1 Å². The third-order valence-electron chi connectivity index (χ3n) is 4.26. The average Bonchev–Trinajstić information content (AvgIpc) is 2.67. The van der Waals surface area contributed by atoms with E-state index in [-0.39, 0.29) is 18.9 Å². The second kappa shape index (κ2) is 10.4. The van der Waals surface area contributed by atoms with Gasteiger partial charge in [0.25, 0.3) is 0 Å². The third-order valence-corrected chi connectivity index (χ3v) is 5.44. The number of carboxylic acids is 1. The van der Waals surface area contributed by atoms with Crippen molar-refractivity contribution in [2.24, 2.45) is 11.7 Å². The van der Waals surface area contributed by atoms with Gasteiger partial charge in [-0.3, -0.25) is 4.79 Å². The van der Waals surface area contributed by atoms with Crippen molar-refractivity contribution < 1.29 is 27.8 Å². The number of halogens is 3. The van der Waals surface area contributed by atoms with Crippen molar-refractivity contribution in [3.63, 3.8) is 0 Å². The zero-order valence-corrected chi connectivity index (χ0v) is 17.5. The summed E-state index contributed by atoms with van der Waals surface area (Å²) in [5.41, 5.74) is 7.55. The van der Waals surface area contributed by atoms with Gasteiger partial charge in [-0.1, -0.05) is 38.1 Å². The monoisotopic (exact) mass is 439 g/mol. The Bertz CT molecular complexity index is 893. The second-order valence-corrected chi connectivity index (χ2v) is 8.09. The number of allylic oxidation sites excluding steroid dienone is 1. The molecule has 2 rings (SSSR count). The van der Waals surface area contributed by atoms with Gasteiger partial charge in [0.15, 0.2) is 0 Å². The van der Waals surface area contributed by atoms with Crippen LogP contribution >= 0.6 is 11.8 Å². The van der Waals surface area contributed by atoms with E-state index >= 15 is 0 Å². The van der Waals surface area contributed by atoms with E-state index in [0.29, 0.717) is 22.8 Å².